The maximum Gasteiger partial charge on any atom is 0.165 e. The van der Waals surface area contributed by atoms with Gasteiger partial charge in [0, 0.05) is 19.3 Å². The van der Waals surface area contributed by atoms with Crippen molar-refractivity contribution >= 4 is 0 Å². The smallest absolute Gasteiger partial charge is 0.165 e. The highest BCUT2D eigenvalue weighted by Gasteiger charge is 2.19. The number of ether oxygens (including phenoxy) is 2. The van der Waals surface area contributed by atoms with Crippen LogP contribution in [0.15, 0.2) is 18.2 Å². The van der Waals surface area contributed by atoms with Crippen LogP contribution in [0, 0.1) is 5.82 Å². The van der Waals surface area contributed by atoms with E-state index in [4.69, 9.17) is 15.2 Å². The minimum absolute atomic E-state index is 0.254. The third-order valence-corrected chi connectivity index (χ3v) is 2.70. The van der Waals surface area contributed by atoms with Crippen LogP contribution in [-0.2, 0) is 11.2 Å². The first kappa shape index (κ1) is 13.9. The van der Waals surface area contributed by atoms with Crippen molar-refractivity contribution in [2.45, 2.75) is 25.3 Å². The largest absolute Gasteiger partial charge is 0.494 e. The molecule has 0 bridgehead atoms. The van der Waals surface area contributed by atoms with Crippen LogP contribution in [0.1, 0.15) is 18.9 Å². The molecule has 17 heavy (non-hydrogen) atoms. The van der Waals surface area contributed by atoms with E-state index in [1.165, 1.54) is 13.2 Å². The van der Waals surface area contributed by atoms with Gasteiger partial charge in [0.05, 0.1) is 7.11 Å². The Morgan fingerprint density at radius 3 is 2.59 bits per heavy atom. The summed E-state index contributed by atoms with van der Waals surface area (Å²) in [5, 5.41) is 0. The van der Waals surface area contributed by atoms with Gasteiger partial charge in [-0.3, -0.25) is 0 Å². The van der Waals surface area contributed by atoms with Crippen molar-refractivity contribution in [1.29, 1.82) is 0 Å². The third kappa shape index (κ3) is 4.32. The maximum absolute atomic E-state index is 13.5. The Morgan fingerprint density at radius 2 is 2.06 bits per heavy atom. The monoisotopic (exact) mass is 241 g/mol. The van der Waals surface area contributed by atoms with Crippen LogP contribution >= 0.6 is 0 Å². The lowest BCUT2D eigenvalue weighted by Gasteiger charge is -2.24. The molecule has 0 saturated heterocycles. The van der Waals surface area contributed by atoms with Gasteiger partial charge in [-0.05, 0) is 37.5 Å². The minimum Gasteiger partial charge on any atom is -0.494 e. The molecule has 0 aliphatic carbocycles. The molecule has 4 heteroatoms. The lowest BCUT2D eigenvalue weighted by Crippen LogP contribution is -2.39. The molecule has 1 unspecified atom stereocenters. The molecule has 0 fully saturated rings. The quantitative estimate of drug-likeness (QED) is 0.829. The Morgan fingerprint density at radius 1 is 1.35 bits per heavy atom. The molecule has 1 aromatic carbocycles. The molecule has 0 aromatic heterocycles. The summed E-state index contributed by atoms with van der Waals surface area (Å²) in [6.45, 7) is 2.54. The third-order valence-electron chi connectivity index (χ3n) is 2.70. The fraction of sp³-hybridized carbons (Fsp3) is 0.538. The Bertz CT molecular complexity index is 366. The molecule has 1 atom stereocenters. The molecule has 0 aliphatic heterocycles. The number of methoxy groups -OCH3 is 2. The average molecular weight is 241 g/mol. The molecular weight excluding hydrogens is 221 g/mol. The Labute approximate surface area is 102 Å². The van der Waals surface area contributed by atoms with Crippen LogP contribution in [0.3, 0.4) is 0 Å². The van der Waals surface area contributed by atoms with Crippen molar-refractivity contribution in [2.75, 3.05) is 20.8 Å². The van der Waals surface area contributed by atoms with E-state index in [2.05, 4.69) is 0 Å². The summed E-state index contributed by atoms with van der Waals surface area (Å²) >= 11 is 0. The first-order chi connectivity index (χ1) is 7.98. The zero-order valence-corrected chi connectivity index (χ0v) is 10.6. The Balaban J connectivity index is 2.71. The topological polar surface area (TPSA) is 44.5 Å². The lowest BCUT2D eigenvalue weighted by molar-refractivity contribution is 0.171. The summed E-state index contributed by atoms with van der Waals surface area (Å²) in [6.07, 6.45) is 1.34. The second kappa shape index (κ2) is 5.98. The summed E-state index contributed by atoms with van der Waals surface area (Å²) in [5.41, 5.74) is 6.60. The van der Waals surface area contributed by atoms with Crippen molar-refractivity contribution in [2.24, 2.45) is 5.73 Å². The average Bonchev–Trinajstić information content (AvgIpc) is 2.26. The van der Waals surface area contributed by atoms with E-state index in [9.17, 15) is 4.39 Å². The standard InChI is InChI=1S/C13H20FNO2/c1-13(15,6-7-16-2)9-10-4-5-12(17-3)11(14)8-10/h4-5,8H,6-7,9,15H2,1-3H3. The number of halogens is 1. The summed E-state index contributed by atoms with van der Waals surface area (Å²) in [4.78, 5) is 0. The maximum atomic E-state index is 13.5. The zero-order chi connectivity index (χ0) is 12.9. The van der Waals surface area contributed by atoms with Gasteiger partial charge in [0.15, 0.2) is 11.6 Å². The molecule has 0 spiro atoms. The summed E-state index contributed by atoms with van der Waals surface area (Å²) in [5.74, 6) is -0.100. The van der Waals surface area contributed by atoms with E-state index in [0.29, 0.717) is 13.0 Å². The van der Waals surface area contributed by atoms with Crippen molar-refractivity contribution in [3.05, 3.63) is 29.6 Å². The van der Waals surface area contributed by atoms with Crippen LogP contribution in [0.2, 0.25) is 0 Å². The molecule has 1 aromatic rings. The molecule has 0 radical (unpaired) electrons. The van der Waals surface area contributed by atoms with Gasteiger partial charge in [-0.15, -0.1) is 0 Å². The summed E-state index contributed by atoms with van der Waals surface area (Å²) < 4.78 is 23.4. The summed E-state index contributed by atoms with van der Waals surface area (Å²) in [7, 11) is 3.09. The minimum atomic E-state index is -0.392. The predicted molar refractivity (Wildman–Crippen MR) is 65.7 cm³/mol. The molecule has 0 heterocycles. The van der Waals surface area contributed by atoms with Crippen molar-refractivity contribution in [1.82, 2.24) is 0 Å². The normalized spacial score (nSPS) is 14.4. The van der Waals surface area contributed by atoms with E-state index in [-0.39, 0.29) is 11.6 Å². The molecule has 0 aliphatic rings. The molecule has 96 valence electrons. The fourth-order valence-electron chi connectivity index (χ4n) is 1.71. The predicted octanol–water partition coefficient (Wildman–Crippen LogP) is 2.13. The number of hydrogen-bond donors (Lipinski definition) is 1. The lowest BCUT2D eigenvalue weighted by atomic mass is 9.91. The molecule has 1 rings (SSSR count). The van der Waals surface area contributed by atoms with Gasteiger partial charge < -0.3 is 15.2 Å². The molecule has 2 N–H and O–H groups in total. The van der Waals surface area contributed by atoms with Gasteiger partial charge in [0.1, 0.15) is 0 Å². The first-order valence-electron chi connectivity index (χ1n) is 5.59. The van der Waals surface area contributed by atoms with E-state index in [0.717, 1.165) is 12.0 Å². The van der Waals surface area contributed by atoms with Crippen molar-refractivity contribution in [3.8, 4) is 5.75 Å². The first-order valence-corrected chi connectivity index (χ1v) is 5.59. The van der Waals surface area contributed by atoms with Crippen LogP contribution in [0.5, 0.6) is 5.75 Å². The highest BCUT2D eigenvalue weighted by atomic mass is 19.1. The van der Waals surface area contributed by atoms with Gasteiger partial charge in [0.2, 0.25) is 0 Å². The molecule has 3 nitrogen and oxygen atoms in total. The van der Waals surface area contributed by atoms with E-state index < -0.39 is 5.54 Å². The van der Waals surface area contributed by atoms with Gasteiger partial charge in [-0.25, -0.2) is 4.39 Å². The van der Waals surface area contributed by atoms with Crippen molar-refractivity contribution in [3.63, 3.8) is 0 Å². The molecular formula is C13H20FNO2. The Hall–Kier alpha value is -1.13. The van der Waals surface area contributed by atoms with Gasteiger partial charge in [-0.2, -0.15) is 0 Å². The SMILES string of the molecule is COCCC(C)(N)Cc1ccc(OC)c(F)c1. The second-order valence-electron chi connectivity index (χ2n) is 4.54. The fourth-order valence-corrected chi connectivity index (χ4v) is 1.71. The Kier molecular flexibility index (Phi) is 4.90. The highest BCUT2D eigenvalue weighted by Crippen LogP contribution is 2.21. The number of rotatable bonds is 6. The van der Waals surface area contributed by atoms with E-state index in [1.807, 2.05) is 13.0 Å². The van der Waals surface area contributed by atoms with E-state index in [1.54, 1.807) is 13.2 Å². The number of nitrogens with two attached hydrogens (primary N) is 1. The van der Waals surface area contributed by atoms with Crippen LogP contribution in [-0.4, -0.2) is 26.4 Å². The highest BCUT2D eigenvalue weighted by molar-refractivity contribution is 5.30. The number of hydrogen-bond acceptors (Lipinski definition) is 3. The van der Waals surface area contributed by atoms with Crippen LogP contribution < -0.4 is 10.5 Å². The molecule has 0 saturated carbocycles. The zero-order valence-electron chi connectivity index (χ0n) is 10.6. The van der Waals surface area contributed by atoms with Gasteiger partial charge >= 0.3 is 0 Å². The number of benzene rings is 1. The van der Waals surface area contributed by atoms with Gasteiger partial charge in [0.25, 0.3) is 0 Å². The summed E-state index contributed by atoms with van der Waals surface area (Å²) in [6, 6.07) is 4.92. The molecule has 0 amide bonds. The van der Waals surface area contributed by atoms with Crippen molar-refractivity contribution < 1.29 is 13.9 Å². The van der Waals surface area contributed by atoms with E-state index >= 15 is 0 Å². The van der Waals surface area contributed by atoms with Crippen LogP contribution in [0.4, 0.5) is 4.39 Å². The van der Waals surface area contributed by atoms with Gasteiger partial charge in [-0.1, -0.05) is 6.07 Å². The van der Waals surface area contributed by atoms with Crippen LogP contribution in [0.25, 0.3) is 0 Å². The second-order valence-corrected chi connectivity index (χ2v) is 4.54.